The van der Waals surface area contributed by atoms with Gasteiger partial charge in [-0.15, -0.1) is 0 Å². The number of phenolic OH excluding ortho intramolecular Hbond substituents is 1. The van der Waals surface area contributed by atoms with Crippen LogP contribution in [0.3, 0.4) is 0 Å². The molecule has 1 spiro atoms. The first-order valence-corrected chi connectivity index (χ1v) is 8.97. The predicted molar refractivity (Wildman–Crippen MR) is 103 cm³/mol. The van der Waals surface area contributed by atoms with Crippen molar-refractivity contribution in [3.8, 4) is 5.75 Å². The molecule has 0 aliphatic carbocycles. The minimum Gasteiger partial charge on any atom is -0.507 e. The minimum atomic E-state index is 0.148. The molecule has 1 aromatic rings. The number of aromatic hydroxyl groups is 1. The summed E-state index contributed by atoms with van der Waals surface area (Å²) in [5, 5.41) is 13.3. The molecule has 6 nitrogen and oxygen atoms in total. The Labute approximate surface area is 150 Å². The van der Waals surface area contributed by atoms with E-state index in [1.165, 1.54) is 0 Å². The molecule has 2 fully saturated rings. The van der Waals surface area contributed by atoms with Gasteiger partial charge in [0.15, 0.2) is 0 Å². The molecule has 0 saturated carbocycles. The van der Waals surface area contributed by atoms with Crippen LogP contribution in [0.15, 0.2) is 41.9 Å². The van der Waals surface area contributed by atoms with Gasteiger partial charge in [-0.1, -0.05) is 26.0 Å². The molecule has 2 heterocycles. The first-order chi connectivity index (χ1) is 12.0. The van der Waals surface area contributed by atoms with Crippen molar-refractivity contribution in [2.75, 3.05) is 26.2 Å². The standard InChI is InChI=1S/C17H25N5O.C2H6/c18-13(12-3-1-2-4-15(12)23)9-14(16(19)20)22-7-5-17(6-8-22)10-21-11-17;1-2/h1-4,9,21,23H,5-8,10-11,18-20H2;1-2H3/b13-9-;. The van der Waals surface area contributed by atoms with Gasteiger partial charge in [0.2, 0.25) is 0 Å². The van der Waals surface area contributed by atoms with E-state index in [0.29, 0.717) is 16.7 Å². The van der Waals surface area contributed by atoms with Gasteiger partial charge in [-0.25, -0.2) is 0 Å². The zero-order chi connectivity index (χ0) is 18.4. The van der Waals surface area contributed by atoms with E-state index in [4.69, 9.17) is 17.2 Å². The summed E-state index contributed by atoms with van der Waals surface area (Å²) in [7, 11) is 0. The molecular weight excluding hydrogens is 314 g/mol. The number of hydrogen-bond acceptors (Lipinski definition) is 6. The lowest BCUT2D eigenvalue weighted by Crippen LogP contribution is -2.58. The highest BCUT2D eigenvalue weighted by Crippen LogP contribution is 2.36. The number of hydrogen-bond donors (Lipinski definition) is 5. The second kappa shape index (κ2) is 8.16. The van der Waals surface area contributed by atoms with Crippen molar-refractivity contribution < 1.29 is 5.11 Å². The van der Waals surface area contributed by atoms with Crippen LogP contribution in [0, 0.1) is 5.41 Å². The van der Waals surface area contributed by atoms with Crippen molar-refractivity contribution in [2.24, 2.45) is 22.6 Å². The molecule has 8 N–H and O–H groups in total. The molecule has 0 aromatic heterocycles. The molecule has 2 aliphatic rings. The Morgan fingerprint density at radius 3 is 2.20 bits per heavy atom. The summed E-state index contributed by atoms with van der Waals surface area (Å²) in [6.45, 7) is 8.04. The zero-order valence-corrected chi connectivity index (χ0v) is 15.3. The van der Waals surface area contributed by atoms with Crippen LogP contribution in [0.4, 0.5) is 0 Å². The van der Waals surface area contributed by atoms with Crippen LogP contribution >= 0.6 is 0 Å². The molecule has 138 valence electrons. The van der Waals surface area contributed by atoms with Crippen LogP contribution < -0.4 is 22.5 Å². The lowest BCUT2D eigenvalue weighted by atomic mass is 9.73. The number of para-hydroxylation sites is 1. The number of piperidine rings is 1. The topological polar surface area (TPSA) is 114 Å². The molecule has 0 bridgehead atoms. The Balaban J connectivity index is 0.00000109. The van der Waals surface area contributed by atoms with E-state index in [2.05, 4.69) is 10.2 Å². The van der Waals surface area contributed by atoms with E-state index in [1.807, 2.05) is 19.9 Å². The third-order valence-electron chi connectivity index (χ3n) is 4.97. The van der Waals surface area contributed by atoms with Crippen LogP contribution in [0.5, 0.6) is 5.75 Å². The Kier molecular flexibility index (Phi) is 6.20. The quantitative estimate of drug-likeness (QED) is 0.530. The summed E-state index contributed by atoms with van der Waals surface area (Å²) in [6, 6.07) is 6.98. The number of nitrogens with zero attached hydrogens (tertiary/aromatic N) is 1. The van der Waals surface area contributed by atoms with Crippen LogP contribution in [0.1, 0.15) is 32.3 Å². The van der Waals surface area contributed by atoms with Gasteiger partial charge in [0.25, 0.3) is 0 Å². The van der Waals surface area contributed by atoms with E-state index in [1.54, 1.807) is 24.3 Å². The number of rotatable bonds is 3. The highest BCUT2D eigenvalue weighted by Gasteiger charge is 2.39. The number of nitrogens with one attached hydrogen (secondary N) is 1. The second-order valence-electron chi connectivity index (χ2n) is 6.55. The highest BCUT2D eigenvalue weighted by molar-refractivity contribution is 5.69. The second-order valence-corrected chi connectivity index (χ2v) is 6.55. The van der Waals surface area contributed by atoms with Gasteiger partial charge in [-0.05, 0) is 36.5 Å². The fourth-order valence-electron chi connectivity index (χ4n) is 3.35. The van der Waals surface area contributed by atoms with Gasteiger partial charge in [0.05, 0.1) is 5.70 Å². The number of benzene rings is 1. The van der Waals surface area contributed by atoms with Crippen molar-refractivity contribution in [1.82, 2.24) is 10.2 Å². The van der Waals surface area contributed by atoms with Gasteiger partial charge in [-0.2, -0.15) is 0 Å². The number of likely N-dealkylation sites (tertiary alicyclic amines) is 1. The SMILES string of the molecule is CC.NC(N)=C(/C=C(\N)c1ccccc1O)N1CCC2(CC1)CNC2. The Bertz CT molecular complexity index is 635. The summed E-state index contributed by atoms with van der Waals surface area (Å²) in [5.74, 6) is 0.403. The maximum atomic E-state index is 9.93. The zero-order valence-electron chi connectivity index (χ0n) is 15.3. The third kappa shape index (κ3) is 4.20. The van der Waals surface area contributed by atoms with Gasteiger partial charge in [0, 0.05) is 37.4 Å². The molecule has 6 heteroatoms. The lowest BCUT2D eigenvalue weighted by molar-refractivity contribution is 0.0712. The van der Waals surface area contributed by atoms with Crippen LogP contribution in [-0.2, 0) is 0 Å². The van der Waals surface area contributed by atoms with Crippen molar-refractivity contribution >= 4 is 5.70 Å². The Morgan fingerprint density at radius 1 is 1.12 bits per heavy atom. The fraction of sp³-hybridized carbons (Fsp3) is 0.474. The average molecular weight is 345 g/mol. The van der Waals surface area contributed by atoms with Crippen molar-refractivity contribution in [3.05, 3.63) is 47.4 Å². The summed E-state index contributed by atoms with van der Waals surface area (Å²) in [5.41, 5.74) is 20.2. The van der Waals surface area contributed by atoms with Crippen molar-refractivity contribution in [1.29, 1.82) is 0 Å². The summed E-state index contributed by atoms with van der Waals surface area (Å²) in [6.07, 6.45) is 4.02. The minimum absolute atomic E-state index is 0.148. The van der Waals surface area contributed by atoms with Crippen LogP contribution in [-0.4, -0.2) is 36.2 Å². The first-order valence-electron chi connectivity index (χ1n) is 8.97. The van der Waals surface area contributed by atoms with E-state index >= 15 is 0 Å². The molecule has 0 radical (unpaired) electrons. The molecule has 0 amide bonds. The first kappa shape index (κ1) is 19.0. The molecule has 0 unspecified atom stereocenters. The maximum absolute atomic E-state index is 9.93. The molecule has 2 saturated heterocycles. The highest BCUT2D eigenvalue weighted by atomic mass is 16.3. The van der Waals surface area contributed by atoms with Gasteiger partial charge < -0.3 is 32.5 Å². The fourth-order valence-corrected chi connectivity index (χ4v) is 3.35. The van der Waals surface area contributed by atoms with E-state index in [-0.39, 0.29) is 11.6 Å². The number of allylic oxidation sites excluding steroid dienone is 1. The van der Waals surface area contributed by atoms with Gasteiger partial charge in [0.1, 0.15) is 11.6 Å². The molecule has 1 aromatic carbocycles. The smallest absolute Gasteiger partial charge is 0.124 e. The summed E-state index contributed by atoms with van der Waals surface area (Å²) >= 11 is 0. The van der Waals surface area contributed by atoms with Gasteiger partial charge >= 0.3 is 0 Å². The monoisotopic (exact) mass is 345 g/mol. The Morgan fingerprint density at radius 2 is 1.72 bits per heavy atom. The maximum Gasteiger partial charge on any atom is 0.124 e. The molecule has 0 atom stereocenters. The molecular formula is C19H31N5O. The normalized spacial score (nSPS) is 18.8. The lowest BCUT2D eigenvalue weighted by Gasteiger charge is -2.49. The van der Waals surface area contributed by atoms with E-state index < -0.39 is 0 Å². The van der Waals surface area contributed by atoms with E-state index in [0.717, 1.165) is 44.7 Å². The number of nitrogens with two attached hydrogens (primary N) is 3. The van der Waals surface area contributed by atoms with Crippen molar-refractivity contribution in [3.63, 3.8) is 0 Å². The summed E-state index contributed by atoms with van der Waals surface area (Å²) < 4.78 is 0. The predicted octanol–water partition coefficient (Wildman–Crippen LogP) is 1.49. The van der Waals surface area contributed by atoms with E-state index in [9.17, 15) is 5.11 Å². The molecule has 3 rings (SSSR count). The molecule has 25 heavy (non-hydrogen) atoms. The summed E-state index contributed by atoms with van der Waals surface area (Å²) in [4.78, 5) is 2.19. The largest absolute Gasteiger partial charge is 0.507 e. The van der Waals surface area contributed by atoms with Crippen LogP contribution in [0.25, 0.3) is 5.70 Å². The van der Waals surface area contributed by atoms with Crippen molar-refractivity contribution in [2.45, 2.75) is 26.7 Å². The van der Waals surface area contributed by atoms with Gasteiger partial charge in [-0.3, -0.25) is 0 Å². The molecule has 2 aliphatic heterocycles. The average Bonchev–Trinajstić information content (AvgIpc) is 2.60. The van der Waals surface area contributed by atoms with Crippen LogP contribution in [0.2, 0.25) is 0 Å². The number of phenols is 1. The Hall–Kier alpha value is -2.34. The third-order valence-corrected chi connectivity index (χ3v) is 4.97.